The number of hydrogen-bond acceptors (Lipinski definition) is 1. The Morgan fingerprint density at radius 3 is 2.20 bits per heavy atom. The quantitative estimate of drug-likeness (QED) is 0.752. The van der Waals surface area contributed by atoms with Crippen LogP contribution < -0.4 is 5.32 Å². The van der Waals surface area contributed by atoms with Crippen molar-refractivity contribution in [2.24, 2.45) is 0 Å². The fourth-order valence-corrected chi connectivity index (χ4v) is 2.14. The molecule has 1 rings (SSSR count). The SMILES string of the molecule is Cc1cc(CNC(C)CCCC(F)(F)F)cc(C)c1F. The van der Waals surface area contributed by atoms with E-state index in [1.165, 1.54) is 0 Å². The molecule has 5 heteroatoms. The van der Waals surface area contributed by atoms with Gasteiger partial charge in [0.1, 0.15) is 5.82 Å². The van der Waals surface area contributed by atoms with Crippen LogP contribution in [0.15, 0.2) is 12.1 Å². The van der Waals surface area contributed by atoms with Gasteiger partial charge in [-0.15, -0.1) is 0 Å². The molecule has 0 aliphatic carbocycles. The van der Waals surface area contributed by atoms with Gasteiger partial charge in [0.05, 0.1) is 0 Å². The second-order valence-electron chi connectivity index (χ2n) is 5.33. The van der Waals surface area contributed by atoms with Gasteiger partial charge in [0.2, 0.25) is 0 Å². The van der Waals surface area contributed by atoms with Gasteiger partial charge in [0.15, 0.2) is 0 Å². The summed E-state index contributed by atoms with van der Waals surface area (Å²) in [7, 11) is 0. The van der Waals surface area contributed by atoms with Crippen LogP contribution in [0.4, 0.5) is 17.6 Å². The molecule has 0 radical (unpaired) electrons. The van der Waals surface area contributed by atoms with E-state index >= 15 is 0 Å². The first-order chi connectivity index (χ1) is 9.19. The molecule has 20 heavy (non-hydrogen) atoms. The molecular formula is C15H21F4N. The third-order valence-corrected chi connectivity index (χ3v) is 3.25. The Kier molecular flexibility index (Phi) is 5.99. The Hall–Kier alpha value is -1.10. The summed E-state index contributed by atoms with van der Waals surface area (Å²) in [6.45, 7) is 5.81. The largest absolute Gasteiger partial charge is 0.389 e. The summed E-state index contributed by atoms with van der Waals surface area (Å²) < 4.78 is 49.5. The Morgan fingerprint density at radius 2 is 1.70 bits per heavy atom. The first kappa shape index (κ1) is 17.0. The first-order valence-corrected chi connectivity index (χ1v) is 6.75. The van der Waals surface area contributed by atoms with Crippen LogP contribution in [0.5, 0.6) is 0 Å². The van der Waals surface area contributed by atoms with E-state index in [9.17, 15) is 17.6 Å². The van der Waals surface area contributed by atoms with Gasteiger partial charge in [-0.2, -0.15) is 13.2 Å². The van der Waals surface area contributed by atoms with Gasteiger partial charge in [-0.3, -0.25) is 0 Å². The van der Waals surface area contributed by atoms with Crippen LogP contribution >= 0.6 is 0 Å². The molecule has 0 spiro atoms. The molecule has 1 aromatic carbocycles. The minimum absolute atomic E-state index is 0.00279. The molecule has 114 valence electrons. The molecule has 1 aromatic rings. The Labute approximate surface area is 117 Å². The van der Waals surface area contributed by atoms with Crippen LogP contribution in [0.25, 0.3) is 0 Å². The number of alkyl halides is 3. The predicted molar refractivity (Wildman–Crippen MR) is 72.1 cm³/mol. The number of halogens is 4. The van der Waals surface area contributed by atoms with Gasteiger partial charge in [-0.05, 0) is 50.3 Å². The third-order valence-electron chi connectivity index (χ3n) is 3.25. The highest BCUT2D eigenvalue weighted by Crippen LogP contribution is 2.22. The second kappa shape index (κ2) is 7.07. The zero-order valence-electron chi connectivity index (χ0n) is 12.1. The number of rotatable bonds is 6. The Balaban J connectivity index is 2.39. The summed E-state index contributed by atoms with van der Waals surface area (Å²) in [4.78, 5) is 0. The van der Waals surface area contributed by atoms with Gasteiger partial charge >= 0.3 is 6.18 Å². The van der Waals surface area contributed by atoms with Crippen molar-refractivity contribution >= 4 is 0 Å². The lowest BCUT2D eigenvalue weighted by molar-refractivity contribution is -0.135. The van der Waals surface area contributed by atoms with Crippen molar-refractivity contribution in [3.63, 3.8) is 0 Å². The highest BCUT2D eigenvalue weighted by molar-refractivity contribution is 5.30. The highest BCUT2D eigenvalue weighted by Gasteiger charge is 2.26. The van der Waals surface area contributed by atoms with Crippen LogP contribution in [0.1, 0.15) is 42.9 Å². The molecule has 0 bridgehead atoms. The van der Waals surface area contributed by atoms with Gasteiger partial charge in [-0.1, -0.05) is 12.1 Å². The fourth-order valence-electron chi connectivity index (χ4n) is 2.14. The summed E-state index contributed by atoms with van der Waals surface area (Å²) in [5.41, 5.74) is 2.13. The predicted octanol–water partition coefficient (Wildman–Crippen LogP) is 4.65. The lowest BCUT2D eigenvalue weighted by Gasteiger charge is -2.15. The minimum atomic E-state index is -4.08. The summed E-state index contributed by atoms with van der Waals surface area (Å²) in [5.74, 6) is -0.202. The van der Waals surface area contributed by atoms with E-state index in [0.29, 0.717) is 24.1 Å². The molecule has 0 saturated carbocycles. The average molecular weight is 291 g/mol. The maximum Gasteiger partial charge on any atom is 0.389 e. The smallest absolute Gasteiger partial charge is 0.310 e. The molecule has 1 atom stereocenters. The van der Waals surface area contributed by atoms with E-state index < -0.39 is 12.6 Å². The number of nitrogens with one attached hydrogen (secondary N) is 1. The number of aryl methyl sites for hydroxylation is 2. The third kappa shape index (κ3) is 5.90. The van der Waals surface area contributed by atoms with Crippen molar-refractivity contribution in [2.75, 3.05) is 0 Å². The molecule has 0 fully saturated rings. The molecular weight excluding hydrogens is 270 g/mol. The summed E-state index contributed by atoms with van der Waals surface area (Å²) in [6.07, 6.45) is -4.23. The Morgan fingerprint density at radius 1 is 1.15 bits per heavy atom. The first-order valence-electron chi connectivity index (χ1n) is 6.75. The molecule has 0 aliphatic heterocycles. The molecule has 0 saturated heterocycles. The summed E-state index contributed by atoms with van der Waals surface area (Å²) >= 11 is 0. The van der Waals surface area contributed by atoms with Crippen molar-refractivity contribution in [3.8, 4) is 0 Å². The topological polar surface area (TPSA) is 12.0 Å². The second-order valence-corrected chi connectivity index (χ2v) is 5.33. The average Bonchev–Trinajstić information content (AvgIpc) is 2.31. The van der Waals surface area contributed by atoms with Crippen LogP contribution in [-0.2, 0) is 6.54 Å². The molecule has 1 unspecified atom stereocenters. The minimum Gasteiger partial charge on any atom is -0.310 e. The van der Waals surface area contributed by atoms with Crippen LogP contribution in [0, 0.1) is 19.7 Å². The van der Waals surface area contributed by atoms with Crippen molar-refractivity contribution in [2.45, 2.75) is 58.8 Å². The van der Waals surface area contributed by atoms with Gasteiger partial charge < -0.3 is 5.32 Å². The van der Waals surface area contributed by atoms with E-state index in [2.05, 4.69) is 5.32 Å². The van der Waals surface area contributed by atoms with E-state index in [1.54, 1.807) is 26.0 Å². The van der Waals surface area contributed by atoms with Crippen molar-refractivity contribution in [3.05, 3.63) is 34.6 Å². The monoisotopic (exact) mass is 291 g/mol. The molecule has 0 amide bonds. The van der Waals surface area contributed by atoms with E-state index in [-0.39, 0.29) is 18.3 Å². The fraction of sp³-hybridized carbons (Fsp3) is 0.600. The van der Waals surface area contributed by atoms with Crippen molar-refractivity contribution < 1.29 is 17.6 Å². The van der Waals surface area contributed by atoms with E-state index in [4.69, 9.17) is 0 Å². The molecule has 0 aromatic heterocycles. The molecule has 1 nitrogen and oxygen atoms in total. The number of hydrogen-bond donors (Lipinski definition) is 1. The zero-order chi connectivity index (χ0) is 15.3. The van der Waals surface area contributed by atoms with Crippen molar-refractivity contribution in [1.29, 1.82) is 0 Å². The highest BCUT2D eigenvalue weighted by atomic mass is 19.4. The summed E-state index contributed by atoms with van der Waals surface area (Å²) in [6, 6.07) is 3.53. The lowest BCUT2D eigenvalue weighted by Crippen LogP contribution is -2.26. The number of benzene rings is 1. The zero-order valence-corrected chi connectivity index (χ0v) is 12.1. The van der Waals surface area contributed by atoms with Gasteiger partial charge in [-0.25, -0.2) is 4.39 Å². The van der Waals surface area contributed by atoms with Crippen molar-refractivity contribution in [1.82, 2.24) is 5.32 Å². The molecule has 0 aliphatic rings. The lowest BCUT2D eigenvalue weighted by atomic mass is 10.1. The van der Waals surface area contributed by atoms with Gasteiger partial charge in [0.25, 0.3) is 0 Å². The van der Waals surface area contributed by atoms with Gasteiger partial charge in [0, 0.05) is 19.0 Å². The maximum atomic E-state index is 13.5. The van der Waals surface area contributed by atoms with Crippen LogP contribution in [0.3, 0.4) is 0 Å². The normalized spacial score (nSPS) is 13.6. The van der Waals surface area contributed by atoms with E-state index in [1.807, 2.05) is 6.92 Å². The Bertz CT molecular complexity index is 417. The molecule has 1 N–H and O–H groups in total. The standard InChI is InChI=1S/C15H21F4N/c1-10-7-13(8-11(2)14(10)16)9-20-12(3)5-4-6-15(17,18)19/h7-8,12,20H,4-6,9H2,1-3H3. The van der Waals surface area contributed by atoms with Crippen LogP contribution in [-0.4, -0.2) is 12.2 Å². The van der Waals surface area contributed by atoms with Crippen LogP contribution in [0.2, 0.25) is 0 Å². The summed E-state index contributed by atoms with van der Waals surface area (Å²) in [5, 5.41) is 3.17. The molecule has 0 heterocycles. The van der Waals surface area contributed by atoms with E-state index in [0.717, 1.165) is 5.56 Å². The maximum absolute atomic E-state index is 13.5.